The maximum absolute atomic E-state index is 12.7. The van der Waals surface area contributed by atoms with E-state index in [1.807, 2.05) is 0 Å². The van der Waals surface area contributed by atoms with E-state index in [2.05, 4.69) is 17.2 Å². The second-order valence-electron chi connectivity index (χ2n) is 8.10. The number of aliphatic hydroxyl groups excluding tert-OH is 1. The number of carbonyl (C=O) groups is 4. The van der Waals surface area contributed by atoms with Crippen LogP contribution in [0.1, 0.15) is 34.1 Å². The van der Waals surface area contributed by atoms with Crippen molar-refractivity contribution in [3.05, 3.63) is 12.8 Å². The van der Waals surface area contributed by atoms with E-state index in [1.54, 1.807) is 27.7 Å². The Bertz CT molecular complexity index is 701. The minimum Gasteiger partial charge on any atom is -0.464 e. The highest BCUT2D eigenvalue weighted by atomic mass is 16.6. The van der Waals surface area contributed by atoms with Crippen LogP contribution in [0.5, 0.6) is 0 Å². The Hall–Kier alpha value is -2.62. The molecule has 2 rings (SSSR count). The van der Waals surface area contributed by atoms with Gasteiger partial charge in [-0.05, 0) is 27.7 Å². The molecule has 5 atom stereocenters. The first-order valence-electron chi connectivity index (χ1n) is 9.41. The van der Waals surface area contributed by atoms with Gasteiger partial charge in [-0.1, -0.05) is 6.58 Å². The number of carbonyl (C=O) groups excluding carboxylic acids is 4. The molecule has 0 unspecified atom stereocenters. The van der Waals surface area contributed by atoms with Gasteiger partial charge in [0.2, 0.25) is 5.91 Å². The molecule has 29 heavy (non-hydrogen) atoms. The summed E-state index contributed by atoms with van der Waals surface area (Å²) in [6, 6.07) is 0. The van der Waals surface area contributed by atoms with Gasteiger partial charge in [-0.15, -0.1) is 0 Å². The largest absolute Gasteiger partial charge is 0.464 e. The third-order valence-electron chi connectivity index (χ3n) is 4.89. The second kappa shape index (κ2) is 8.40. The number of hydrogen-bond donors (Lipinski definition) is 3. The number of amides is 2. The van der Waals surface area contributed by atoms with E-state index in [0.29, 0.717) is 0 Å². The van der Waals surface area contributed by atoms with Crippen molar-refractivity contribution >= 4 is 23.9 Å². The van der Waals surface area contributed by atoms with Gasteiger partial charge in [0.25, 0.3) is 0 Å². The van der Waals surface area contributed by atoms with Crippen LogP contribution in [0.25, 0.3) is 0 Å². The maximum Gasteiger partial charge on any atom is 0.408 e. The molecule has 0 spiro atoms. The van der Waals surface area contributed by atoms with Crippen molar-refractivity contribution in [3.8, 4) is 0 Å². The summed E-state index contributed by atoms with van der Waals surface area (Å²) >= 11 is 0. The monoisotopic (exact) mass is 412 g/mol. The van der Waals surface area contributed by atoms with E-state index in [-0.39, 0.29) is 13.0 Å². The Morgan fingerprint density at radius 3 is 2.48 bits per heavy atom. The summed E-state index contributed by atoms with van der Waals surface area (Å²) < 4.78 is 15.0. The quantitative estimate of drug-likeness (QED) is 0.307. The molecule has 10 heteroatoms. The van der Waals surface area contributed by atoms with Gasteiger partial charge in [-0.2, -0.15) is 0 Å². The van der Waals surface area contributed by atoms with Crippen LogP contribution in [-0.2, 0) is 28.6 Å². The molecule has 2 aliphatic carbocycles. The number of aliphatic hydroxyl groups is 1. The lowest BCUT2D eigenvalue weighted by Crippen LogP contribution is -2.59. The molecule has 0 aromatic heterocycles. The Balaban J connectivity index is 2.12. The van der Waals surface area contributed by atoms with Crippen molar-refractivity contribution in [1.29, 1.82) is 0 Å². The molecule has 2 amide bonds. The summed E-state index contributed by atoms with van der Waals surface area (Å²) in [7, 11) is 0. The Kier molecular flexibility index (Phi) is 6.56. The lowest BCUT2D eigenvalue weighted by molar-refractivity contribution is -0.156. The second-order valence-corrected chi connectivity index (χ2v) is 8.10. The molecular weight excluding hydrogens is 384 g/mol. The third-order valence-corrected chi connectivity index (χ3v) is 4.89. The minimum atomic E-state index is -1.59. The molecule has 10 nitrogen and oxygen atoms in total. The first-order valence-corrected chi connectivity index (χ1v) is 9.41. The van der Waals surface area contributed by atoms with Crippen molar-refractivity contribution in [2.75, 3.05) is 13.2 Å². The van der Waals surface area contributed by atoms with E-state index in [0.717, 1.165) is 6.26 Å². The normalized spacial score (nSPS) is 29.8. The van der Waals surface area contributed by atoms with Crippen LogP contribution in [-0.4, -0.2) is 59.4 Å². The van der Waals surface area contributed by atoms with Crippen molar-refractivity contribution < 1.29 is 38.5 Å². The summed E-state index contributed by atoms with van der Waals surface area (Å²) in [5.41, 5.74) is -2.32. The summed E-state index contributed by atoms with van der Waals surface area (Å²) in [6.45, 7) is 9.57. The molecule has 0 aliphatic heterocycles. The van der Waals surface area contributed by atoms with Crippen LogP contribution >= 0.6 is 0 Å². The molecule has 0 bridgehead atoms. The standard InChI is InChI=1S/C19H28N2O8/c1-6-27-15(24)13-12-10(22)8-19(14(12)13,16(25)28-7-2)21-11(23)9-20-17(26)29-18(3,4)5/h6,10,12-14,22H,1,7-9H2,2-5H3,(H,20,26)(H,21,23)/t10-,12-,13-,14-,19-/m0/s1. The maximum atomic E-state index is 12.7. The zero-order chi connectivity index (χ0) is 22.0. The van der Waals surface area contributed by atoms with E-state index in [4.69, 9.17) is 14.2 Å². The van der Waals surface area contributed by atoms with Crippen LogP contribution in [0.15, 0.2) is 12.8 Å². The van der Waals surface area contributed by atoms with Crippen LogP contribution in [0.2, 0.25) is 0 Å². The molecule has 2 fully saturated rings. The molecule has 0 radical (unpaired) electrons. The summed E-state index contributed by atoms with van der Waals surface area (Å²) in [5.74, 6) is -4.03. The van der Waals surface area contributed by atoms with E-state index >= 15 is 0 Å². The van der Waals surface area contributed by atoms with Gasteiger partial charge >= 0.3 is 18.0 Å². The van der Waals surface area contributed by atoms with E-state index in [1.165, 1.54) is 0 Å². The fraction of sp³-hybridized carbons (Fsp3) is 0.684. The summed E-state index contributed by atoms with van der Waals surface area (Å²) in [6.07, 6.45) is -0.915. The molecular formula is C19H28N2O8. The molecule has 2 saturated carbocycles. The topological polar surface area (TPSA) is 140 Å². The molecule has 0 heterocycles. The molecule has 0 aromatic rings. The lowest BCUT2D eigenvalue weighted by atomic mass is 9.89. The van der Waals surface area contributed by atoms with Crippen LogP contribution in [0.3, 0.4) is 0 Å². The average Bonchev–Trinajstić information content (AvgIpc) is 3.28. The number of nitrogens with one attached hydrogen (secondary N) is 2. The first kappa shape index (κ1) is 22.7. The van der Waals surface area contributed by atoms with Gasteiger partial charge in [-0.25, -0.2) is 9.59 Å². The summed E-state index contributed by atoms with van der Waals surface area (Å²) in [4.78, 5) is 49.0. The summed E-state index contributed by atoms with van der Waals surface area (Å²) in [5, 5.41) is 15.2. The predicted molar refractivity (Wildman–Crippen MR) is 99.1 cm³/mol. The van der Waals surface area contributed by atoms with Crippen molar-refractivity contribution in [3.63, 3.8) is 0 Å². The number of esters is 2. The Morgan fingerprint density at radius 1 is 1.28 bits per heavy atom. The first-order chi connectivity index (χ1) is 13.5. The van der Waals surface area contributed by atoms with Gasteiger partial charge in [0, 0.05) is 18.3 Å². The number of fused-ring (bicyclic) bond motifs is 1. The van der Waals surface area contributed by atoms with E-state index in [9.17, 15) is 24.3 Å². The number of ether oxygens (including phenoxy) is 3. The molecule has 0 saturated heterocycles. The zero-order valence-electron chi connectivity index (χ0n) is 17.0. The van der Waals surface area contributed by atoms with Crippen molar-refractivity contribution in [2.24, 2.45) is 17.8 Å². The molecule has 2 aliphatic rings. The minimum absolute atomic E-state index is 0.0574. The third kappa shape index (κ3) is 4.87. The van der Waals surface area contributed by atoms with Crippen molar-refractivity contribution in [2.45, 2.75) is 51.4 Å². The fourth-order valence-corrected chi connectivity index (χ4v) is 3.94. The number of hydrogen-bond acceptors (Lipinski definition) is 8. The molecule has 3 N–H and O–H groups in total. The highest BCUT2D eigenvalue weighted by Crippen LogP contribution is 2.63. The molecule has 0 aromatic carbocycles. The fourth-order valence-electron chi connectivity index (χ4n) is 3.94. The van der Waals surface area contributed by atoms with Crippen molar-refractivity contribution in [1.82, 2.24) is 10.6 Å². The SMILES string of the molecule is C=COC(=O)[C@H]1[C@H]2[C@@H]1[C@](NC(=O)CNC(=O)OC(C)(C)C)(C(=O)OCC)C[C@@H]2O. The van der Waals surface area contributed by atoms with E-state index < -0.39 is 65.5 Å². The van der Waals surface area contributed by atoms with Gasteiger partial charge in [0.15, 0.2) is 0 Å². The lowest BCUT2D eigenvalue weighted by Gasteiger charge is -2.31. The smallest absolute Gasteiger partial charge is 0.408 e. The zero-order valence-corrected chi connectivity index (χ0v) is 17.0. The highest BCUT2D eigenvalue weighted by molar-refractivity contribution is 5.93. The van der Waals surface area contributed by atoms with Crippen LogP contribution < -0.4 is 10.6 Å². The Labute approximate surface area is 168 Å². The highest BCUT2D eigenvalue weighted by Gasteiger charge is 2.76. The van der Waals surface area contributed by atoms with Gasteiger partial charge in [-0.3, -0.25) is 9.59 Å². The predicted octanol–water partition coefficient (Wildman–Crippen LogP) is 0.243. The Morgan fingerprint density at radius 2 is 1.93 bits per heavy atom. The van der Waals surface area contributed by atoms with Crippen LogP contribution in [0.4, 0.5) is 4.79 Å². The van der Waals surface area contributed by atoms with Gasteiger partial charge < -0.3 is 30.0 Å². The van der Waals surface area contributed by atoms with Gasteiger partial charge in [0.05, 0.1) is 24.9 Å². The number of rotatable bonds is 7. The van der Waals surface area contributed by atoms with Gasteiger partial charge in [0.1, 0.15) is 17.7 Å². The van der Waals surface area contributed by atoms with Crippen LogP contribution in [0, 0.1) is 17.8 Å². The molecule has 162 valence electrons. The number of alkyl carbamates (subject to hydrolysis) is 1. The average molecular weight is 412 g/mol.